The van der Waals surface area contributed by atoms with E-state index in [1.165, 1.54) is 24.3 Å². The molecule has 0 saturated carbocycles. The molecule has 0 radical (unpaired) electrons. The van der Waals surface area contributed by atoms with Crippen molar-refractivity contribution in [1.82, 2.24) is 9.80 Å². The highest BCUT2D eigenvalue weighted by Crippen LogP contribution is 2.26. The Morgan fingerprint density at radius 1 is 0.926 bits per heavy atom. The fourth-order valence-corrected chi connectivity index (χ4v) is 3.31. The van der Waals surface area contributed by atoms with Crippen molar-refractivity contribution in [2.45, 2.75) is 13.0 Å². The maximum Gasteiger partial charge on any atom is 0.123 e. The lowest BCUT2D eigenvalue weighted by atomic mass is 10.0. The lowest BCUT2D eigenvalue weighted by molar-refractivity contribution is 0.0491. The molecule has 27 heavy (non-hydrogen) atoms. The fraction of sp³-hybridized carbons (Fsp3) is 0.364. The summed E-state index contributed by atoms with van der Waals surface area (Å²) in [7, 11) is 0. The molecule has 5 heteroatoms. The smallest absolute Gasteiger partial charge is 0.123 e. The minimum absolute atomic E-state index is 0.285. The van der Waals surface area contributed by atoms with E-state index >= 15 is 0 Å². The zero-order chi connectivity index (χ0) is 19.2. The average molecular weight is 372 g/mol. The minimum atomic E-state index is -0.345. The second-order valence-electron chi connectivity index (χ2n) is 6.92. The van der Waals surface area contributed by atoms with E-state index in [1.807, 2.05) is 6.92 Å². The van der Waals surface area contributed by atoms with E-state index in [0.29, 0.717) is 6.61 Å². The number of halogens is 2. The quantitative estimate of drug-likeness (QED) is 0.724. The summed E-state index contributed by atoms with van der Waals surface area (Å²) in [6, 6.07) is 12.6. The first-order valence-corrected chi connectivity index (χ1v) is 9.28. The van der Waals surface area contributed by atoms with Gasteiger partial charge >= 0.3 is 0 Å². The summed E-state index contributed by atoms with van der Waals surface area (Å²) < 4.78 is 32.7. The Morgan fingerprint density at radius 2 is 1.41 bits per heavy atom. The summed E-state index contributed by atoms with van der Waals surface area (Å²) in [5.41, 5.74) is 2.82. The van der Waals surface area contributed by atoms with E-state index in [-0.39, 0.29) is 17.7 Å². The first-order chi connectivity index (χ1) is 13.0. The number of hydrogen-bond donors (Lipinski definition) is 0. The van der Waals surface area contributed by atoms with Gasteiger partial charge in [-0.3, -0.25) is 4.90 Å². The molecule has 3 rings (SSSR count). The molecule has 1 saturated heterocycles. The molecule has 3 nitrogen and oxygen atoms in total. The standard InChI is InChI=1S/C22H26F2N2O/c1-17(2)26-13-11-25(12-14-26)15-16-27-22(18-3-7-20(23)8-4-18)19-5-9-21(24)10-6-19/h3-10,22H,1,11-16H2,2H3. The molecule has 144 valence electrons. The SMILES string of the molecule is C=C(C)N1CCN(CCOC(c2ccc(F)cc2)c2ccc(F)cc2)CC1. The van der Waals surface area contributed by atoms with Gasteiger partial charge in [0.1, 0.15) is 17.7 Å². The molecule has 1 fully saturated rings. The van der Waals surface area contributed by atoms with Crippen molar-refractivity contribution in [3.63, 3.8) is 0 Å². The minimum Gasteiger partial charge on any atom is -0.373 e. The van der Waals surface area contributed by atoms with Gasteiger partial charge in [0.15, 0.2) is 0 Å². The van der Waals surface area contributed by atoms with Crippen molar-refractivity contribution in [2.75, 3.05) is 39.3 Å². The Balaban J connectivity index is 1.61. The van der Waals surface area contributed by atoms with E-state index in [4.69, 9.17) is 4.74 Å². The van der Waals surface area contributed by atoms with E-state index in [1.54, 1.807) is 24.3 Å². The summed E-state index contributed by atoms with van der Waals surface area (Å²) in [5, 5.41) is 0. The largest absolute Gasteiger partial charge is 0.373 e. The fourth-order valence-electron chi connectivity index (χ4n) is 3.31. The first-order valence-electron chi connectivity index (χ1n) is 9.28. The van der Waals surface area contributed by atoms with Gasteiger partial charge in [-0.25, -0.2) is 8.78 Å². The number of allylic oxidation sites excluding steroid dienone is 1. The summed E-state index contributed by atoms with van der Waals surface area (Å²) in [6.45, 7) is 11.3. The molecule has 0 unspecified atom stereocenters. The van der Waals surface area contributed by atoms with Crippen LogP contribution in [0.15, 0.2) is 60.8 Å². The van der Waals surface area contributed by atoms with Crippen LogP contribution in [0.5, 0.6) is 0 Å². The predicted octanol–water partition coefficient (Wildman–Crippen LogP) is 4.22. The van der Waals surface area contributed by atoms with Crippen LogP contribution in [-0.4, -0.2) is 49.1 Å². The van der Waals surface area contributed by atoms with E-state index in [0.717, 1.165) is 49.5 Å². The van der Waals surface area contributed by atoms with Crippen LogP contribution >= 0.6 is 0 Å². The Hall–Kier alpha value is -2.24. The van der Waals surface area contributed by atoms with Crippen LogP contribution in [0.2, 0.25) is 0 Å². The molecular weight excluding hydrogens is 346 g/mol. The Kier molecular flexibility index (Phi) is 6.58. The topological polar surface area (TPSA) is 15.7 Å². The van der Waals surface area contributed by atoms with Gasteiger partial charge in [-0.15, -0.1) is 0 Å². The third kappa shape index (κ3) is 5.37. The van der Waals surface area contributed by atoms with E-state index in [2.05, 4.69) is 16.4 Å². The van der Waals surface area contributed by atoms with Crippen molar-refractivity contribution < 1.29 is 13.5 Å². The molecule has 1 aliphatic rings. The second-order valence-corrected chi connectivity index (χ2v) is 6.92. The summed E-state index contributed by atoms with van der Waals surface area (Å²) in [4.78, 5) is 4.66. The van der Waals surface area contributed by atoms with Gasteiger partial charge in [0.2, 0.25) is 0 Å². The highest BCUT2D eigenvalue weighted by atomic mass is 19.1. The van der Waals surface area contributed by atoms with Crippen LogP contribution in [0.25, 0.3) is 0 Å². The van der Waals surface area contributed by atoms with Gasteiger partial charge < -0.3 is 9.64 Å². The number of rotatable bonds is 7. The predicted molar refractivity (Wildman–Crippen MR) is 103 cm³/mol. The monoisotopic (exact) mass is 372 g/mol. The molecule has 0 bridgehead atoms. The van der Waals surface area contributed by atoms with Gasteiger partial charge in [0.05, 0.1) is 6.61 Å². The van der Waals surface area contributed by atoms with Crippen LogP contribution in [0, 0.1) is 11.6 Å². The molecule has 0 spiro atoms. The molecule has 1 heterocycles. The summed E-state index contributed by atoms with van der Waals surface area (Å²) in [6.07, 6.45) is -0.345. The molecule has 0 atom stereocenters. The van der Waals surface area contributed by atoms with Gasteiger partial charge in [0, 0.05) is 38.4 Å². The molecular formula is C22H26F2N2O. The van der Waals surface area contributed by atoms with Gasteiger partial charge in [-0.05, 0) is 42.3 Å². The number of ether oxygens (including phenoxy) is 1. The third-order valence-electron chi connectivity index (χ3n) is 4.95. The van der Waals surface area contributed by atoms with Crippen molar-refractivity contribution >= 4 is 0 Å². The van der Waals surface area contributed by atoms with E-state index < -0.39 is 0 Å². The highest BCUT2D eigenvalue weighted by Gasteiger charge is 2.18. The maximum atomic E-state index is 13.3. The number of piperazine rings is 1. The Labute approximate surface area is 159 Å². The van der Waals surface area contributed by atoms with Crippen molar-refractivity contribution in [3.8, 4) is 0 Å². The van der Waals surface area contributed by atoms with Crippen molar-refractivity contribution in [2.24, 2.45) is 0 Å². The zero-order valence-electron chi connectivity index (χ0n) is 15.7. The van der Waals surface area contributed by atoms with Crippen LogP contribution in [0.3, 0.4) is 0 Å². The molecule has 0 N–H and O–H groups in total. The molecule has 2 aromatic carbocycles. The average Bonchev–Trinajstić information content (AvgIpc) is 2.67. The molecule has 1 aliphatic heterocycles. The maximum absolute atomic E-state index is 13.3. The molecule has 0 aliphatic carbocycles. The number of hydrogen-bond acceptors (Lipinski definition) is 3. The molecule has 2 aromatic rings. The second kappa shape index (κ2) is 9.11. The van der Waals surface area contributed by atoms with Crippen LogP contribution in [0.4, 0.5) is 8.78 Å². The normalized spacial score (nSPS) is 15.3. The van der Waals surface area contributed by atoms with Crippen molar-refractivity contribution in [1.29, 1.82) is 0 Å². The summed E-state index contributed by atoms with van der Waals surface area (Å²) in [5.74, 6) is -0.570. The van der Waals surface area contributed by atoms with Gasteiger partial charge in [0.25, 0.3) is 0 Å². The molecule has 0 aromatic heterocycles. The molecule has 0 amide bonds. The van der Waals surface area contributed by atoms with Crippen LogP contribution in [0.1, 0.15) is 24.2 Å². The van der Waals surface area contributed by atoms with E-state index in [9.17, 15) is 8.78 Å². The van der Waals surface area contributed by atoms with Crippen LogP contribution in [-0.2, 0) is 4.74 Å². The van der Waals surface area contributed by atoms with Crippen LogP contribution < -0.4 is 0 Å². The summed E-state index contributed by atoms with van der Waals surface area (Å²) >= 11 is 0. The lowest BCUT2D eigenvalue weighted by Gasteiger charge is -2.36. The Bertz CT molecular complexity index is 692. The number of benzene rings is 2. The van der Waals surface area contributed by atoms with Gasteiger partial charge in [-0.2, -0.15) is 0 Å². The zero-order valence-corrected chi connectivity index (χ0v) is 15.7. The Morgan fingerprint density at radius 3 is 1.85 bits per heavy atom. The third-order valence-corrected chi connectivity index (χ3v) is 4.95. The highest BCUT2D eigenvalue weighted by molar-refractivity contribution is 5.30. The van der Waals surface area contributed by atoms with Gasteiger partial charge in [-0.1, -0.05) is 30.8 Å². The number of nitrogens with zero attached hydrogens (tertiary/aromatic N) is 2. The van der Waals surface area contributed by atoms with Crippen molar-refractivity contribution in [3.05, 3.63) is 83.6 Å². The first kappa shape index (κ1) is 19.5. The lowest BCUT2D eigenvalue weighted by Crippen LogP contribution is -2.46.